The first-order valence-corrected chi connectivity index (χ1v) is 39.4. The van der Waals surface area contributed by atoms with Crippen molar-refractivity contribution in [3.63, 3.8) is 0 Å². The van der Waals surface area contributed by atoms with E-state index in [-0.39, 0.29) is 63.1 Å². The largest absolute Gasteiger partial charge is 0.461 e. The van der Waals surface area contributed by atoms with E-state index < -0.39 is 156 Å². The second-order valence-corrected chi connectivity index (χ2v) is 32.7. The van der Waals surface area contributed by atoms with E-state index in [2.05, 4.69) is 10.6 Å². The minimum Gasteiger partial charge on any atom is -0.461 e. The van der Waals surface area contributed by atoms with Crippen molar-refractivity contribution in [3.05, 3.63) is 71.8 Å². The summed E-state index contributed by atoms with van der Waals surface area (Å²) in [5, 5.41) is 6.04. The van der Waals surface area contributed by atoms with Crippen molar-refractivity contribution < 1.29 is 71.8 Å². The monoisotopic (exact) mass is 1510 g/mol. The molecule has 2 saturated carbocycles. The zero-order valence-electron chi connectivity index (χ0n) is 67.6. The molecule has 0 unspecified atom stereocenters. The van der Waals surface area contributed by atoms with Crippen LogP contribution in [0, 0.1) is 29.6 Å². The quantitative estimate of drug-likeness (QED) is 0.0628. The van der Waals surface area contributed by atoms with Crippen LogP contribution in [0.3, 0.4) is 0 Å². The van der Waals surface area contributed by atoms with Crippen LogP contribution in [0.1, 0.15) is 202 Å². The molecule has 2 aliphatic carbocycles. The molecule has 2 N–H and O–H groups in total. The SMILES string of the molecule is CC[C@H](C)[C@H](NC(=O)[C@H](CC(C)C)N(C)C(=O)C[C@@H](C(=O)N1CCCCC1)N(C)C(=O)[C@H](C(C)C)N(C)C(=O)C1(NC(=O)[C@@H]2CCCN2C(=O)[C@H](CCc2ccccc2)CC(=O)OCc2ccccc2)CCCC1)C(=O)N(C)CC(=O)N(C)CC(=O)N(C)[C@@H](CC1CCCCC1)C(=O)N(C)CC(=O)OC(C)(C)C. The lowest BCUT2D eigenvalue weighted by molar-refractivity contribution is -0.159. The van der Waals surface area contributed by atoms with Crippen LogP contribution < -0.4 is 10.6 Å². The van der Waals surface area contributed by atoms with Gasteiger partial charge in [-0.05, 0) is 126 Å². The average Bonchev–Trinajstić information content (AvgIpc) is 1.55. The minimum atomic E-state index is -1.47. The van der Waals surface area contributed by atoms with E-state index in [4.69, 9.17) is 9.47 Å². The summed E-state index contributed by atoms with van der Waals surface area (Å²) in [7, 11) is 10.2. The second-order valence-electron chi connectivity index (χ2n) is 32.7. The van der Waals surface area contributed by atoms with Crippen molar-refractivity contribution in [3.8, 4) is 0 Å². The molecular weight excluding hydrogens is 1380 g/mol. The summed E-state index contributed by atoms with van der Waals surface area (Å²) in [5.41, 5.74) is -0.452. The van der Waals surface area contributed by atoms with Crippen LogP contribution in [-0.2, 0) is 84.8 Å². The van der Waals surface area contributed by atoms with Gasteiger partial charge in [0.1, 0.15) is 60.5 Å². The number of nitrogens with one attached hydrogen (secondary N) is 2. The van der Waals surface area contributed by atoms with E-state index >= 15 is 19.2 Å². The molecule has 600 valence electrons. The molecule has 11 amide bonds. The molecule has 4 aliphatic rings. The standard InChI is InChI=1S/C82H127N11O15/c1-17-57(6)71(78(104)86(11)51-67(95)85(10)52-68(96)89(14)64(48-59-35-24-19-25-36-59)76(102)87(12)53-70(98)108-81(7,8)9)83-73(99)63(47-55(2)3)88(13)66(94)50-65(77(103)92-44-30-21-31-45-92)90(15)79(105)72(56(4)5)91(16)80(106)82(42-28-29-43-82)84-74(100)62-39-32-46-93(62)75(101)61(41-40-58-33-22-18-23-34-58)49-69(97)107-54-60-37-26-20-27-38-60/h18,20,22-23,26-27,33-34,37-38,55-57,59,61-65,71-72H,17,19,21,24-25,28-32,35-36,39-54H2,1-16H3,(H,83,99)(H,84,100)/t57-,61+,62-,63-,64-,65-,71-,72-/m0/s1. The van der Waals surface area contributed by atoms with Gasteiger partial charge in [-0.2, -0.15) is 0 Å². The highest BCUT2D eigenvalue weighted by Crippen LogP contribution is 2.36. The Morgan fingerprint density at radius 3 is 1.72 bits per heavy atom. The van der Waals surface area contributed by atoms with E-state index in [0.29, 0.717) is 77.3 Å². The van der Waals surface area contributed by atoms with Gasteiger partial charge in [-0.15, -0.1) is 0 Å². The van der Waals surface area contributed by atoms with Gasteiger partial charge in [-0.1, -0.05) is 154 Å². The molecule has 108 heavy (non-hydrogen) atoms. The number of piperidine rings is 1. The van der Waals surface area contributed by atoms with Gasteiger partial charge in [0.25, 0.3) is 0 Å². The van der Waals surface area contributed by atoms with Crippen LogP contribution >= 0.6 is 0 Å². The molecule has 4 fully saturated rings. The van der Waals surface area contributed by atoms with Crippen LogP contribution in [-0.4, -0.2) is 257 Å². The molecule has 2 heterocycles. The molecular formula is C82H127N11O15. The number of nitrogens with zero attached hydrogens (tertiary/aromatic N) is 9. The summed E-state index contributed by atoms with van der Waals surface area (Å²) in [4.78, 5) is 201. The van der Waals surface area contributed by atoms with Crippen molar-refractivity contribution >= 4 is 76.9 Å². The average molecular weight is 1510 g/mol. The summed E-state index contributed by atoms with van der Waals surface area (Å²) in [5.74, 6) is -8.98. The van der Waals surface area contributed by atoms with Gasteiger partial charge in [-0.25, -0.2) is 0 Å². The Labute approximate surface area is 641 Å². The van der Waals surface area contributed by atoms with Gasteiger partial charge in [-0.3, -0.25) is 62.3 Å². The van der Waals surface area contributed by atoms with Crippen molar-refractivity contribution in [1.29, 1.82) is 0 Å². The first-order chi connectivity index (χ1) is 51.0. The highest BCUT2D eigenvalue weighted by molar-refractivity contribution is 6.00. The van der Waals surface area contributed by atoms with Crippen LogP contribution in [0.5, 0.6) is 0 Å². The second kappa shape index (κ2) is 41.4. The summed E-state index contributed by atoms with van der Waals surface area (Å²) < 4.78 is 11.1. The lowest BCUT2D eigenvalue weighted by Crippen LogP contribution is -2.64. The van der Waals surface area contributed by atoms with E-state index in [9.17, 15) is 43.2 Å². The predicted octanol–water partition coefficient (Wildman–Crippen LogP) is 7.42. The number of carbonyl (C=O) groups is 13. The van der Waals surface area contributed by atoms with Gasteiger partial charge in [0.15, 0.2) is 0 Å². The number of likely N-dealkylation sites (tertiary alicyclic amines) is 2. The molecule has 2 aromatic carbocycles. The Morgan fingerprint density at radius 1 is 0.565 bits per heavy atom. The topological polar surface area (TPSA) is 294 Å². The summed E-state index contributed by atoms with van der Waals surface area (Å²) >= 11 is 0. The molecule has 0 radical (unpaired) electrons. The third-order valence-electron chi connectivity index (χ3n) is 22.2. The number of esters is 2. The van der Waals surface area contributed by atoms with E-state index in [1.807, 2.05) is 81.4 Å². The van der Waals surface area contributed by atoms with Gasteiger partial charge in [0.2, 0.25) is 65.0 Å². The predicted molar refractivity (Wildman–Crippen MR) is 410 cm³/mol. The maximum absolute atomic E-state index is 15.5. The Balaban J connectivity index is 1.16. The fourth-order valence-electron chi connectivity index (χ4n) is 15.5. The maximum atomic E-state index is 15.5. The molecule has 8 atom stereocenters. The number of carbonyl (C=O) groups excluding carboxylic acids is 13. The van der Waals surface area contributed by atoms with Gasteiger partial charge >= 0.3 is 11.9 Å². The number of amides is 11. The summed E-state index contributed by atoms with van der Waals surface area (Å²) in [6.45, 7) is 15.9. The molecule has 6 rings (SSSR count). The van der Waals surface area contributed by atoms with Crippen molar-refractivity contribution in [1.82, 2.24) is 54.7 Å². The van der Waals surface area contributed by atoms with Gasteiger partial charge < -0.3 is 64.2 Å². The minimum absolute atomic E-state index is 0.0400. The van der Waals surface area contributed by atoms with Crippen LogP contribution in [0.15, 0.2) is 60.7 Å². The highest BCUT2D eigenvalue weighted by atomic mass is 16.6. The summed E-state index contributed by atoms with van der Waals surface area (Å²) in [6, 6.07) is 12.0. The third kappa shape index (κ3) is 25.0. The number of ether oxygens (including phenoxy) is 2. The number of likely N-dealkylation sites (N-methyl/N-ethyl adjacent to an activating group) is 7. The van der Waals surface area contributed by atoms with E-state index in [1.165, 1.54) is 88.5 Å². The zero-order valence-corrected chi connectivity index (χ0v) is 67.6. The fourth-order valence-corrected chi connectivity index (χ4v) is 15.5. The van der Waals surface area contributed by atoms with E-state index in [1.54, 1.807) is 46.4 Å². The molecule has 26 nitrogen and oxygen atoms in total. The smallest absolute Gasteiger partial charge is 0.326 e. The molecule has 2 aromatic rings. The molecule has 0 bridgehead atoms. The van der Waals surface area contributed by atoms with E-state index in [0.717, 1.165) is 49.7 Å². The summed E-state index contributed by atoms with van der Waals surface area (Å²) in [6.07, 6.45) is 10.6. The first-order valence-electron chi connectivity index (χ1n) is 39.4. The normalized spacial score (nSPS) is 17.9. The Bertz CT molecular complexity index is 3380. The number of hydrogen-bond donors (Lipinski definition) is 2. The highest BCUT2D eigenvalue weighted by Gasteiger charge is 2.51. The van der Waals surface area contributed by atoms with Gasteiger partial charge in [0, 0.05) is 74.9 Å². The molecule has 2 aliphatic heterocycles. The van der Waals surface area contributed by atoms with Crippen LogP contribution in [0.2, 0.25) is 0 Å². The third-order valence-corrected chi connectivity index (χ3v) is 22.2. The van der Waals surface area contributed by atoms with Gasteiger partial charge in [0.05, 0.1) is 25.9 Å². The maximum Gasteiger partial charge on any atom is 0.326 e. The number of benzene rings is 2. The van der Waals surface area contributed by atoms with Crippen molar-refractivity contribution in [2.24, 2.45) is 29.6 Å². The lowest BCUT2D eigenvalue weighted by Gasteiger charge is -2.42. The Morgan fingerprint density at radius 2 is 1.14 bits per heavy atom. The zero-order chi connectivity index (χ0) is 79.9. The van der Waals surface area contributed by atoms with Crippen molar-refractivity contribution in [2.75, 3.05) is 88.6 Å². The Kier molecular flexibility index (Phi) is 33.9. The molecule has 2 saturated heterocycles. The molecule has 0 spiro atoms. The number of aryl methyl sites for hydroxylation is 1. The van der Waals surface area contributed by atoms with Crippen LogP contribution in [0.25, 0.3) is 0 Å². The molecule has 0 aromatic heterocycles. The number of hydrogen-bond acceptors (Lipinski definition) is 15. The number of rotatable bonds is 36. The fraction of sp³-hybridized carbons (Fsp3) is 0.695. The van der Waals surface area contributed by atoms with Crippen molar-refractivity contribution in [2.45, 2.75) is 251 Å². The lowest BCUT2D eigenvalue weighted by atomic mass is 9.84. The first kappa shape index (κ1) is 88.5. The molecule has 26 heteroatoms. The Hall–Kier alpha value is -8.45. The van der Waals surface area contributed by atoms with Crippen LogP contribution in [0.4, 0.5) is 0 Å².